The van der Waals surface area contributed by atoms with E-state index in [0.29, 0.717) is 5.92 Å². The SMILES string of the molecule is CCC(CCCN)c1ccc(NC(N)=O)cc1. The third kappa shape index (κ3) is 4.44. The van der Waals surface area contributed by atoms with Gasteiger partial charge in [-0.2, -0.15) is 0 Å². The lowest BCUT2D eigenvalue weighted by molar-refractivity contribution is 0.259. The van der Waals surface area contributed by atoms with E-state index in [1.807, 2.05) is 24.3 Å². The molecule has 2 amide bonds. The molecule has 0 spiro atoms. The van der Waals surface area contributed by atoms with Crippen LogP contribution in [0.5, 0.6) is 0 Å². The van der Waals surface area contributed by atoms with Crippen LogP contribution in [0.3, 0.4) is 0 Å². The molecule has 0 saturated carbocycles. The Morgan fingerprint density at radius 3 is 2.47 bits per heavy atom. The van der Waals surface area contributed by atoms with Crippen molar-refractivity contribution in [2.24, 2.45) is 11.5 Å². The first-order chi connectivity index (χ1) is 8.17. The predicted octanol–water partition coefficient (Wildman–Crippen LogP) is 2.41. The minimum absolute atomic E-state index is 0.534. The maximum absolute atomic E-state index is 10.7. The average Bonchev–Trinajstić information content (AvgIpc) is 2.31. The van der Waals surface area contributed by atoms with Gasteiger partial charge in [0.15, 0.2) is 0 Å². The van der Waals surface area contributed by atoms with Crippen molar-refractivity contribution in [2.45, 2.75) is 32.1 Å². The molecule has 4 nitrogen and oxygen atoms in total. The highest BCUT2D eigenvalue weighted by Gasteiger charge is 2.08. The van der Waals surface area contributed by atoms with E-state index >= 15 is 0 Å². The van der Waals surface area contributed by atoms with Gasteiger partial charge in [-0.15, -0.1) is 0 Å². The highest BCUT2D eigenvalue weighted by molar-refractivity contribution is 5.87. The van der Waals surface area contributed by atoms with Crippen LogP contribution >= 0.6 is 0 Å². The van der Waals surface area contributed by atoms with E-state index in [9.17, 15) is 4.79 Å². The van der Waals surface area contributed by atoms with Gasteiger partial charge in [-0.3, -0.25) is 0 Å². The highest BCUT2D eigenvalue weighted by atomic mass is 16.2. The Morgan fingerprint density at radius 2 is 2.00 bits per heavy atom. The van der Waals surface area contributed by atoms with Crippen LogP contribution in [0.2, 0.25) is 0 Å². The third-order valence-corrected chi connectivity index (χ3v) is 2.90. The normalized spacial score (nSPS) is 12.1. The molecule has 1 rings (SSSR count). The first-order valence-electron chi connectivity index (χ1n) is 6.03. The maximum atomic E-state index is 10.7. The predicted molar refractivity (Wildman–Crippen MR) is 71.0 cm³/mol. The Bertz CT molecular complexity index is 348. The van der Waals surface area contributed by atoms with E-state index in [4.69, 9.17) is 11.5 Å². The van der Waals surface area contributed by atoms with Gasteiger partial charge >= 0.3 is 6.03 Å². The molecule has 0 radical (unpaired) electrons. The Morgan fingerprint density at radius 1 is 1.35 bits per heavy atom. The summed E-state index contributed by atoms with van der Waals surface area (Å²) in [5.41, 5.74) is 12.6. The number of primary amides is 1. The second-order valence-electron chi connectivity index (χ2n) is 4.15. The molecule has 0 fully saturated rings. The summed E-state index contributed by atoms with van der Waals surface area (Å²) in [5.74, 6) is 0.543. The van der Waals surface area contributed by atoms with Gasteiger partial charge in [-0.25, -0.2) is 4.79 Å². The lowest BCUT2D eigenvalue weighted by atomic mass is 9.92. The summed E-state index contributed by atoms with van der Waals surface area (Å²) >= 11 is 0. The van der Waals surface area contributed by atoms with Gasteiger partial charge in [0.1, 0.15) is 0 Å². The van der Waals surface area contributed by atoms with Crippen molar-refractivity contribution in [3.63, 3.8) is 0 Å². The van der Waals surface area contributed by atoms with Crippen molar-refractivity contribution >= 4 is 11.7 Å². The molecule has 1 unspecified atom stereocenters. The fourth-order valence-electron chi connectivity index (χ4n) is 1.95. The number of anilines is 1. The van der Waals surface area contributed by atoms with Crippen molar-refractivity contribution in [2.75, 3.05) is 11.9 Å². The van der Waals surface area contributed by atoms with Crippen LogP contribution in [-0.2, 0) is 0 Å². The zero-order chi connectivity index (χ0) is 12.7. The molecule has 17 heavy (non-hydrogen) atoms. The Kier molecular flexibility index (Phi) is 5.49. The summed E-state index contributed by atoms with van der Waals surface area (Å²) in [6, 6.07) is 7.30. The molecule has 1 aromatic rings. The molecule has 0 aliphatic carbocycles. The zero-order valence-electron chi connectivity index (χ0n) is 10.3. The van der Waals surface area contributed by atoms with E-state index in [1.54, 1.807) is 0 Å². The molecule has 0 aromatic heterocycles. The van der Waals surface area contributed by atoms with E-state index in [0.717, 1.165) is 31.5 Å². The van der Waals surface area contributed by atoms with Gasteiger partial charge in [0, 0.05) is 5.69 Å². The fraction of sp³-hybridized carbons (Fsp3) is 0.462. The molecule has 5 N–H and O–H groups in total. The number of benzene rings is 1. The van der Waals surface area contributed by atoms with Gasteiger partial charge < -0.3 is 16.8 Å². The molecular weight excluding hydrogens is 214 g/mol. The summed E-state index contributed by atoms with van der Waals surface area (Å²) in [6.45, 7) is 2.91. The minimum Gasteiger partial charge on any atom is -0.351 e. The number of rotatable bonds is 6. The van der Waals surface area contributed by atoms with Crippen LogP contribution < -0.4 is 16.8 Å². The van der Waals surface area contributed by atoms with Crippen LogP contribution in [0.1, 0.15) is 37.7 Å². The van der Waals surface area contributed by atoms with Crippen molar-refractivity contribution in [1.82, 2.24) is 0 Å². The summed E-state index contributed by atoms with van der Waals surface area (Å²) in [6.07, 6.45) is 3.25. The van der Waals surface area contributed by atoms with Gasteiger partial charge in [0.25, 0.3) is 0 Å². The molecule has 1 aromatic carbocycles. The number of amides is 2. The first kappa shape index (κ1) is 13.5. The zero-order valence-corrected chi connectivity index (χ0v) is 10.3. The van der Waals surface area contributed by atoms with Crippen molar-refractivity contribution in [3.05, 3.63) is 29.8 Å². The van der Waals surface area contributed by atoms with Gasteiger partial charge in [0.2, 0.25) is 0 Å². The Labute approximate surface area is 102 Å². The van der Waals surface area contributed by atoms with Crippen LogP contribution in [0.25, 0.3) is 0 Å². The quantitative estimate of drug-likeness (QED) is 0.707. The minimum atomic E-state index is -0.534. The molecule has 0 heterocycles. The average molecular weight is 235 g/mol. The second kappa shape index (κ2) is 6.91. The Balaban J connectivity index is 2.67. The molecule has 0 aliphatic rings. The third-order valence-electron chi connectivity index (χ3n) is 2.90. The number of urea groups is 1. The lowest BCUT2D eigenvalue weighted by Gasteiger charge is -2.15. The van der Waals surface area contributed by atoms with Crippen LogP contribution in [0.4, 0.5) is 10.5 Å². The topological polar surface area (TPSA) is 81.1 Å². The number of carbonyl (C=O) groups excluding carboxylic acids is 1. The largest absolute Gasteiger partial charge is 0.351 e. The molecule has 1 atom stereocenters. The molecule has 0 saturated heterocycles. The first-order valence-corrected chi connectivity index (χ1v) is 6.03. The molecular formula is C13H21N3O. The monoisotopic (exact) mass is 235 g/mol. The Hall–Kier alpha value is -1.55. The van der Waals surface area contributed by atoms with E-state index in [2.05, 4.69) is 12.2 Å². The smallest absolute Gasteiger partial charge is 0.316 e. The van der Waals surface area contributed by atoms with Crippen LogP contribution in [-0.4, -0.2) is 12.6 Å². The van der Waals surface area contributed by atoms with Gasteiger partial charge in [0.05, 0.1) is 0 Å². The maximum Gasteiger partial charge on any atom is 0.316 e. The summed E-state index contributed by atoms with van der Waals surface area (Å²) in [4.78, 5) is 10.7. The lowest BCUT2D eigenvalue weighted by Crippen LogP contribution is -2.19. The second-order valence-corrected chi connectivity index (χ2v) is 4.15. The number of hydrogen-bond acceptors (Lipinski definition) is 2. The van der Waals surface area contributed by atoms with E-state index in [-0.39, 0.29) is 0 Å². The van der Waals surface area contributed by atoms with E-state index < -0.39 is 6.03 Å². The number of nitrogens with two attached hydrogens (primary N) is 2. The number of carbonyl (C=O) groups is 1. The molecule has 94 valence electrons. The van der Waals surface area contributed by atoms with Gasteiger partial charge in [-0.05, 0) is 49.4 Å². The van der Waals surface area contributed by atoms with Gasteiger partial charge in [-0.1, -0.05) is 19.1 Å². The summed E-state index contributed by atoms with van der Waals surface area (Å²) in [7, 11) is 0. The van der Waals surface area contributed by atoms with Crippen LogP contribution in [0, 0.1) is 0 Å². The molecule has 0 bridgehead atoms. The van der Waals surface area contributed by atoms with Crippen LogP contribution in [0.15, 0.2) is 24.3 Å². The summed E-state index contributed by atoms with van der Waals surface area (Å²) < 4.78 is 0. The number of nitrogens with one attached hydrogen (secondary N) is 1. The summed E-state index contributed by atoms with van der Waals surface area (Å²) in [5, 5.41) is 2.55. The van der Waals surface area contributed by atoms with Crippen molar-refractivity contribution in [1.29, 1.82) is 0 Å². The van der Waals surface area contributed by atoms with Crippen molar-refractivity contribution in [3.8, 4) is 0 Å². The van der Waals surface area contributed by atoms with Crippen molar-refractivity contribution < 1.29 is 4.79 Å². The fourth-order valence-corrected chi connectivity index (χ4v) is 1.95. The van der Waals surface area contributed by atoms with E-state index in [1.165, 1.54) is 5.56 Å². The molecule has 4 heteroatoms. The standard InChI is InChI=1S/C13H21N3O/c1-2-10(4-3-9-14)11-5-7-12(8-6-11)16-13(15)17/h5-8,10H,2-4,9,14H2,1H3,(H3,15,16,17). The number of hydrogen-bond donors (Lipinski definition) is 3. The molecule has 0 aliphatic heterocycles. The highest BCUT2D eigenvalue weighted by Crippen LogP contribution is 2.25.